The normalized spacial score (nSPS) is 18.9. The molecule has 112 valence electrons. The first-order valence-corrected chi connectivity index (χ1v) is 8.70. The van der Waals surface area contributed by atoms with E-state index in [9.17, 15) is 13.5 Å². The molecule has 1 aromatic carbocycles. The van der Waals surface area contributed by atoms with Crippen LogP contribution in [0.25, 0.3) is 0 Å². The Morgan fingerprint density at radius 2 is 1.95 bits per heavy atom. The van der Waals surface area contributed by atoms with E-state index in [0.717, 1.165) is 32.1 Å². The minimum atomic E-state index is -3.58. The van der Waals surface area contributed by atoms with Gasteiger partial charge in [0, 0.05) is 23.6 Å². The van der Waals surface area contributed by atoms with Crippen molar-refractivity contribution in [3.8, 4) is 0 Å². The second kappa shape index (κ2) is 6.43. The summed E-state index contributed by atoms with van der Waals surface area (Å²) in [5.74, 6) is 0. The van der Waals surface area contributed by atoms with Crippen molar-refractivity contribution in [2.45, 2.75) is 37.0 Å². The lowest BCUT2D eigenvalue weighted by atomic mass is 9.75. The third-order valence-electron chi connectivity index (χ3n) is 3.99. The lowest BCUT2D eigenvalue weighted by Crippen LogP contribution is -2.41. The molecular formula is C14H20ClNO3S. The van der Waals surface area contributed by atoms with E-state index in [1.807, 2.05) is 0 Å². The number of hydrogen-bond acceptors (Lipinski definition) is 3. The Bertz CT molecular complexity index is 553. The molecule has 0 atom stereocenters. The maximum absolute atomic E-state index is 12.2. The molecule has 1 fully saturated rings. The minimum Gasteiger partial charge on any atom is -0.396 e. The fourth-order valence-electron chi connectivity index (χ4n) is 2.66. The molecule has 0 radical (unpaired) electrons. The Kier molecular flexibility index (Phi) is 5.07. The highest BCUT2D eigenvalue weighted by atomic mass is 35.5. The molecule has 0 unspecified atom stereocenters. The van der Waals surface area contributed by atoms with Gasteiger partial charge in [-0.25, -0.2) is 13.1 Å². The highest BCUT2D eigenvalue weighted by Crippen LogP contribution is 2.35. The molecule has 1 aromatic rings. The van der Waals surface area contributed by atoms with Crippen molar-refractivity contribution < 1.29 is 13.5 Å². The zero-order valence-corrected chi connectivity index (χ0v) is 12.9. The summed E-state index contributed by atoms with van der Waals surface area (Å²) < 4.78 is 27.1. The number of hydrogen-bond donors (Lipinski definition) is 2. The second-order valence-electron chi connectivity index (χ2n) is 5.50. The summed E-state index contributed by atoms with van der Waals surface area (Å²) in [6, 6.07) is 6.19. The molecule has 1 saturated carbocycles. The van der Waals surface area contributed by atoms with Crippen LogP contribution in [0.5, 0.6) is 0 Å². The van der Waals surface area contributed by atoms with Crippen molar-refractivity contribution in [1.82, 2.24) is 4.72 Å². The van der Waals surface area contributed by atoms with Gasteiger partial charge in [-0.15, -0.1) is 0 Å². The molecule has 0 bridgehead atoms. The Labute approximate surface area is 125 Å². The van der Waals surface area contributed by atoms with E-state index in [1.54, 1.807) is 12.1 Å². The third kappa shape index (κ3) is 3.73. The third-order valence-corrected chi connectivity index (χ3v) is 5.63. The molecule has 0 heterocycles. The molecule has 2 rings (SSSR count). The van der Waals surface area contributed by atoms with E-state index in [4.69, 9.17) is 11.6 Å². The predicted octanol–water partition coefficient (Wildman–Crippen LogP) is 2.56. The summed E-state index contributed by atoms with van der Waals surface area (Å²) in [6.07, 6.45) is 4.96. The smallest absolute Gasteiger partial charge is 0.240 e. The number of sulfonamides is 1. The Morgan fingerprint density at radius 3 is 2.55 bits per heavy atom. The Hall–Kier alpha value is -0.620. The zero-order valence-electron chi connectivity index (χ0n) is 11.3. The first-order valence-electron chi connectivity index (χ1n) is 6.84. The Morgan fingerprint density at radius 1 is 1.25 bits per heavy atom. The quantitative estimate of drug-likeness (QED) is 0.877. The summed E-state index contributed by atoms with van der Waals surface area (Å²) in [4.78, 5) is 0.161. The van der Waals surface area contributed by atoms with Gasteiger partial charge in [-0.05, 0) is 31.0 Å². The van der Waals surface area contributed by atoms with E-state index in [-0.39, 0.29) is 23.5 Å². The van der Waals surface area contributed by atoms with Gasteiger partial charge in [0.2, 0.25) is 10.0 Å². The maximum Gasteiger partial charge on any atom is 0.240 e. The van der Waals surface area contributed by atoms with Crippen LogP contribution in [0.15, 0.2) is 29.2 Å². The summed E-state index contributed by atoms with van der Waals surface area (Å²) in [7, 11) is -3.58. The van der Waals surface area contributed by atoms with Crippen molar-refractivity contribution in [2.75, 3.05) is 13.2 Å². The molecule has 1 aliphatic carbocycles. The molecule has 0 amide bonds. The van der Waals surface area contributed by atoms with Crippen LogP contribution in [0.4, 0.5) is 0 Å². The molecule has 6 heteroatoms. The average molecular weight is 318 g/mol. The molecule has 1 aliphatic rings. The monoisotopic (exact) mass is 317 g/mol. The summed E-state index contributed by atoms with van der Waals surface area (Å²) >= 11 is 5.82. The SMILES string of the molecule is O=S(=O)(NCC1(CO)CCCCC1)c1cccc(Cl)c1. The van der Waals surface area contributed by atoms with Crippen LogP contribution in [0.1, 0.15) is 32.1 Å². The molecule has 0 aromatic heterocycles. The van der Waals surface area contributed by atoms with E-state index < -0.39 is 10.0 Å². The fourth-order valence-corrected chi connectivity index (χ4v) is 4.12. The van der Waals surface area contributed by atoms with Crippen LogP contribution in [0, 0.1) is 5.41 Å². The molecule has 2 N–H and O–H groups in total. The molecule has 4 nitrogen and oxygen atoms in total. The topological polar surface area (TPSA) is 66.4 Å². The van der Waals surface area contributed by atoms with Gasteiger partial charge >= 0.3 is 0 Å². The van der Waals surface area contributed by atoms with Gasteiger partial charge in [0.25, 0.3) is 0 Å². The highest BCUT2D eigenvalue weighted by molar-refractivity contribution is 7.89. The van der Waals surface area contributed by atoms with Crippen LogP contribution in [0.3, 0.4) is 0 Å². The number of aliphatic hydroxyl groups is 1. The van der Waals surface area contributed by atoms with Gasteiger partial charge in [0.15, 0.2) is 0 Å². The Balaban J connectivity index is 2.08. The van der Waals surface area contributed by atoms with Crippen molar-refractivity contribution >= 4 is 21.6 Å². The van der Waals surface area contributed by atoms with Gasteiger partial charge in [-0.3, -0.25) is 0 Å². The van der Waals surface area contributed by atoms with Gasteiger partial charge < -0.3 is 5.11 Å². The van der Waals surface area contributed by atoms with E-state index in [2.05, 4.69) is 4.72 Å². The summed E-state index contributed by atoms with van der Waals surface area (Å²) in [6.45, 7) is 0.295. The van der Waals surface area contributed by atoms with E-state index >= 15 is 0 Å². The minimum absolute atomic E-state index is 0.0189. The fraction of sp³-hybridized carbons (Fsp3) is 0.571. The molecule has 0 spiro atoms. The number of benzene rings is 1. The first-order chi connectivity index (χ1) is 9.47. The van der Waals surface area contributed by atoms with Gasteiger partial charge in [-0.1, -0.05) is 36.9 Å². The largest absolute Gasteiger partial charge is 0.396 e. The molecular weight excluding hydrogens is 298 g/mol. The predicted molar refractivity (Wildman–Crippen MR) is 79.2 cm³/mol. The van der Waals surface area contributed by atoms with Gasteiger partial charge in [0.05, 0.1) is 4.90 Å². The molecule has 0 aliphatic heterocycles. The lowest BCUT2D eigenvalue weighted by Gasteiger charge is -2.35. The maximum atomic E-state index is 12.2. The average Bonchev–Trinajstić information content (AvgIpc) is 2.46. The number of aliphatic hydroxyl groups excluding tert-OH is 1. The lowest BCUT2D eigenvalue weighted by molar-refractivity contribution is 0.0867. The van der Waals surface area contributed by atoms with Crippen LogP contribution in [-0.2, 0) is 10.0 Å². The van der Waals surface area contributed by atoms with Crippen LogP contribution >= 0.6 is 11.6 Å². The highest BCUT2D eigenvalue weighted by Gasteiger charge is 2.32. The van der Waals surface area contributed by atoms with Gasteiger partial charge in [-0.2, -0.15) is 0 Å². The van der Waals surface area contributed by atoms with Crippen LogP contribution in [-0.4, -0.2) is 26.7 Å². The van der Waals surface area contributed by atoms with Crippen molar-refractivity contribution in [1.29, 1.82) is 0 Å². The van der Waals surface area contributed by atoms with Gasteiger partial charge in [0.1, 0.15) is 0 Å². The summed E-state index contributed by atoms with van der Waals surface area (Å²) in [5, 5.41) is 9.99. The van der Waals surface area contributed by atoms with Crippen LogP contribution < -0.4 is 4.72 Å². The van der Waals surface area contributed by atoms with E-state index in [1.165, 1.54) is 12.1 Å². The number of nitrogens with one attached hydrogen (secondary N) is 1. The van der Waals surface area contributed by atoms with Crippen molar-refractivity contribution in [3.63, 3.8) is 0 Å². The standard InChI is InChI=1S/C14H20ClNO3S/c15-12-5-4-6-13(9-12)20(18,19)16-10-14(11-17)7-2-1-3-8-14/h4-6,9,16-17H,1-3,7-8,10-11H2. The van der Waals surface area contributed by atoms with E-state index in [0.29, 0.717) is 5.02 Å². The van der Waals surface area contributed by atoms with Crippen LogP contribution in [0.2, 0.25) is 5.02 Å². The molecule has 20 heavy (non-hydrogen) atoms. The van der Waals surface area contributed by atoms with Crippen molar-refractivity contribution in [3.05, 3.63) is 29.3 Å². The number of rotatable bonds is 5. The first kappa shape index (κ1) is 15.8. The molecule has 0 saturated heterocycles. The zero-order chi connectivity index (χ0) is 14.6. The second-order valence-corrected chi connectivity index (χ2v) is 7.70. The summed E-state index contributed by atoms with van der Waals surface area (Å²) in [5.41, 5.74) is -0.316. The van der Waals surface area contributed by atoms with Crippen molar-refractivity contribution in [2.24, 2.45) is 5.41 Å². The number of halogens is 1.